The molecule has 0 radical (unpaired) electrons. The summed E-state index contributed by atoms with van der Waals surface area (Å²) in [6.07, 6.45) is 4.06. The number of likely N-dealkylation sites (N-methyl/N-ethyl adjacent to an activating group) is 1. The van der Waals surface area contributed by atoms with E-state index in [9.17, 15) is 9.59 Å². The van der Waals surface area contributed by atoms with Gasteiger partial charge < -0.3 is 14.2 Å². The van der Waals surface area contributed by atoms with Gasteiger partial charge in [0, 0.05) is 31.7 Å². The Hall–Kier alpha value is -2.67. The molecule has 2 fully saturated rings. The molecule has 2 aliphatic heterocycles. The Bertz CT molecular complexity index is 918. The summed E-state index contributed by atoms with van der Waals surface area (Å²) < 4.78 is 5.76. The molecule has 7 heteroatoms. The highest BCUT2D eigenvalue weighted by atomic mass is 16.3. The Morgan fingerprint density at radius 1 is 1.16 bits per heavy atom. The van der Waals surface area contributed by atoms with Gasteiger partial charge >= 0.3 is 6.03 Å². The number of urea groups is 1. The minimum Gasteiger partial charge on any atom is -0.466 e. The normalized spacial score (nSPS) is 20.1. The van der Waals surface area contributed by atoms with Crippen LogP contribution in [0.15, 0.2) is 40.9 Å². The minimum atomic E-state index is -0.707. The fourth-order valence-electron chi connectivity index (χ4n) is 4.88. The van der Waals surface area contributed by atoms with E-state index in [1.807, 2.05) is 38.1 Å². The lowest BCUT2D eigenvalue weighted by Crippen LogP contribution is -2.56. The largest absolute Gasteiger partial charge is 0.466 e. The van der Waals surface area contributed by atoms with Crippen LogP contribution in [0, 0.1) is 6.92 Å². The van der Waals surface area contributed by atoms with Crippen LogP contribution >= 0.6 is 0 Å². The first kappa shape index (κ1) is 21.6. The smallest absolute Gasteiger partial charge is 0.328 e. The van der Waals surface area contributed by atoms with E-state index in [2.05, 4.69) is 22.9 Å². The molecule has 0 bridgehead atoms. The predicted octanol–water partition coefficient (Wildman–Crippen LogP) is 3.80. The lowest BCUT2D eigenvalue weighted by Gasteiger charge is -2.42. The van der Waals surface area contributed by atoms with Gasteiger partial charge in [0.2, 0.25) is 0 Å². The van der Waals surface area contributed by atoms with Crippen molar-refractivity contribution in [2.45, 2.75) is 58.0 Å². The standard InChI is InChI=1S/C24H32N4O3/c1-4-28-23(30)27(17-20-7-5-6-13-25-20)22(29)24(28)11-15-26(16-12-24)14-10-18(2)21-9-8-19(3)31-21/h5-9,13,18H,4,10-12,14-17H2,1-3H3/t18-/m1/s1. The number of imide groups is 1. The van der Waals surface area contributed by atoms with Crippen LogP contribution in [0.1, 0.15) is 56.2 Å². The number of likely N-dealkylation sites (tertiary alicyclic amines) is 1. The zero-order valence-electron chi connectivity index (χ0n) is 18.7. The molecule has 4 heterocycles. The quantitative estimate of drug-likeness (QED) is 0.633. The summed E-state index contributed by atoms with van der Waals surface area (Å²) in [5.74, 6) is 2.27. The predicted molar refractivity (Wildman–Crippen MR) is 117 cm³/mol. The van der Waals surface area contributed by atoms with Crippen LogP contribution in [0.3, 0.4) is 0 Å². The first-order chi connectivity index (χ1) is 14.9. The fourth-order valence-corrected chi connectivity index (χ4v) is 4.88. The number of carbonyl (C=O) groups is 2. The highest BCUT2D eigenvalue weighted by Crippen LogP contribution is 2.38. The molecular weight excluding hydrogens is 392 g/mol. The van der Waals surface area contributed by atoms with Gasteiger partial charge in [-0.15, -0.1) is 0 Å². The number of amides is 3. The topological polar surface area (TPSA) is 69.9 Å². The number of nitrogens with zero attached hydrogens (tertiary/aromatic N) is 4. The van der Waals surface area contributed by atoms with Crippen LogP contribution in [0.2, 0.25) is 0 Å². The minimum absolute atomic E-state index is 0.0657. The van der Waals surface area contributed by atoms with E-state index in [0.717, 1.165) is 43.3 Å². The molecule has 1 atom stereocenters. The number of aryl methyl sites for hydroxylation is 1. The van der Waals surface area contributed by atoms with Crippen molar-refractivity contribution in [3.05, 3.63) is 53.7 Å². The van der Waals surface area contributed by atoms with E-state index in [1.54, 1.807) is 11.1 Å². The molecule has 0 unspecified atom stereocenters. The van der Waals surface area contributed by atoms with Gasteiger partial charge in [-0.2, -0.15) is 0 Å². The van der Waals surface area contributed by atoms with Crippen molar-refractivity contribution in [3.8, 4) is 0 Å². The van der Waals surface area contributed by atoms with Crippen LogP contribution in [-0.4, -0.2) is 63.3 Å². The lowest BCUT2D eigenvalue weighted by molar-refractivity contribution is -0.136. The van der Waals surface area contributed by atoms with Gasteiger partial charge in [0.15, 0.2) is 0 Å². The van der Waals surface area contributed by atoms with Crippen molar-refractivity contribution in [1.29, 1.82) is 0 Å². The number of pyridine rings is 1. The number of furan rings is 1. The van der Waals surface area contributed by atoms with Gasteiger partial charge in [-0.1, -0.05) is 13.0 Å². The SMILES string of the molecule is CCN1C(=O)N(Cc2ccccn2)C(=O)C12CCN(CC[C@@H](C)c1ccc(C)o1)CC2. The van der Waals surface area contributed by atoms with E-state index < -0.39 is 5.54 Å². The van der Waals surface area contributed by atoms with Crippen LogP contribution < -0.4 is 0 Å². The molecule has 0 N–H and O–H groups in total. The number of rotatable bonds is 7. The Morgan fingerprint density at radius 3 is 2.55 bits per heavy atom. The molecule has 0 aromatic carbocycles. The summed E-state index contributed by atoms with van der Waals surface area (Å²) in [5, 5.41) is 0. The molecule has 0 aliphatic carbocycles. The summed E-state index contributed by atoms with van der Waals surface area (Å²) in [5.41, 5.74) is 0.0257. The average molecular weight is 425 g/mol. The van der Waals surface area contributed by atoms with Gasteiger partial charge in [0.05, 0.1) is 12.2 Å². The zero-order chi connectivity index (χ0) is 22.0. The van der Waals surface area contributed by atoms with Gasteiger partial charge in [0.1, 0.15) is 17.1 Å². The Kier molecular flexibility index (Phi) is 6.14. The third-order valence-electron chi connectivity index (χ3n) is 6.79. The van der Waals surface area contributed by atoms with Gasteiger partial charge in [-0.05, 0) is 63.9 Å². The van der Waals surface area contributed by atoms with Crippen molar-refractivity contribution >= 4 is 11.9 Å². The average Bonchev–Trinajstić information content (AvgIpc) is 3.30. The molecule has 2 aliphatic rings. The third-order valence-corrected chi connectivity index (χ3v) is 6.79. The molecule has 1 spiro atoms. The maximum atomic E-state index is 13.4. The monoisotopic (exact) mass is 424 g/mol. The van der Waals surface area contributed by atoms with Crippen molar-refractivity contribution < 1.29 is 14.0 Å². The number of hydrogen-bond donors (Lipinski definition) is 0. The number of piperidine rings is 1. The summed E-state index contributed by atoms with van der Waals surface area (Å²) in [4.78, 5) is 36.4. The summed E-state index contributed by atoms with van der Waals surface area (Å²) >= 11 is 0. The first-order valence-corrected chi connectivity index (χ1v) is 11.3. The highest BCUT2D eigenvalue weighted by Gasteiger charge is 2.57. The van der Waals surface area contributed by atoms with Gasteiger partial charge in [-0.3, -0.25) is 14.7 Å². The number of hydrogen-bond acceptors (Lipinski definition) is 5. The van der Waals surface area contributed by atoms with Crippen molar-refractivity contribution in [3.63, 3.8) is 0 Å². The van der Waals surface area contributed by atoms with Crippen LogP contribution in [0.5, 0.6) is 0 Å². The van der Waals surface area contributed by atoms with E-state index in [-0.39, 0.29) is 18.5 Å². The molecule has 31 heavy (non-hydrogen) atoms. The van der Waals surface area contributed by atoms with Gasteiger partial charge in [0.25, 0.3) is 5.91 Å². The van der Waals surface area contributed by atoms with E-state index in [1.165, 1.54) is 4.90 Å². The van der Waals surface area contributed by atoms with Crippen molar-refractivity contribution in [2.24, 2.45) is 0 Å². The van der Waals surface area contributed by atoms with Gasteiger partial charge in [-0.25, -0.2) is 4.79 Å². The Labute approximate surface area is 184 Å². The molecule has 3 amide bonds. The second-order valence-corrected chi connectivity index (χ2v) is 8.75. The molecule has 0 saturated carbocycles. The molecule has 4 rings (SSSR count). The molecule has 166 valence electrons. The van der Waals surface area contributed by atoms with Crippen LogP contribution in [-0.2, 0) is 11.3 Å². The molecule has 2 saturated heterocycles. The Balaban J connectivity index is 1.39. The number of aromatic nitrogens is 1. The summed E-state index contributed by atoms with van der Waals surface area (Å²) in [7, 11) is 0. The van der Waals surface area contributed by atoms with E-state index in [0.29, 0.717) is 25.3 Å². The van der Waals surface area contributed by atoms with E-state index in [4.69, 9.17) is 4.42 Å². The molecule has 2 aromatic rings. The van der Waals surface area contributed by atoms with E-state index >= 15 is 0 Å². The third kappa shape index (κ3) is 4.11. The van der Waals surface area contributed by atoms with Crippen molar-refractivity contribution in [1.82, 2.24) is 19.7 Å². The second kappa shape index (κ2) is 8.83. The molecular formula is C24H32N4O3. The van der Waals surface area contributed by atoms with Crippen molar-refractivity contribution in [2.75, 3.05) is 26.2 Å². The van der Waals surface area contributed by atoms with Crippen LogP contribution in [0.25, 0.3) is 0 Å². The Morgan fingerprint density at radius 2 is 1.94 bits per heavy atom. The summed E-state index contributed by atoms with van der Waals surface area (Å²) in [6.45, 7) is 9.49. The lowest BCUT2D eigenvalue weighted by atomic mass is 9.85. The second-order valence-electron chi connectivity index (χ2n) is 8.75. The molecule has 7 nitrogen and oxygen atoms in total. The zero-order valence-corrected chi connectivity index (χ0v) is 18.7. The fraction of sp³-hybridized carbons (Fsp3) is 0.542. The molecule has 2 aromatic heterocycles. The number of carbonyl (C=O) groups excluding carboxylic acids is 2. The maximum absolute atomic E-state index is 13.4. The van der Waals surface area contributed by atoms with Crippen LogP contribution in [0.4, 0.5) is 4.79 Å². The maximum Gasteiger partial charge on any atom is 0.328 e. The summed E-state index contributed by atoms with van der Waals surface area (Å²) in [6, 6.07) is 9.45. The first-order valence-electron chi connectivity index (χ1n) is 11.3. The highest BCUT2D eigenvalue weighted by molar-refractivity contribution is 6.07.